The first-order valence-corrected chi connectivity index (χ1v) is 9.85. The lowest BCUT2D eigenvalue weighted by Gasteiger charge is -2.63. The van der Waals surface area contributed by atoms with Crippen molar-refractivity contribution >= 4 is 5.97 Å². The van der Waals surface area contributed by atoms with Crippen LogP contribution in [0.1, 0.15) is 59.8 Å². The maximum absolute atomic E-state index is 12.3. The zero-order valence-corrected chi connectivity index (χ0v) is 16.2. The van der Waals surface area contributed by atoms with Crippen molar-refractivity contribution in [3.8, 4) is 0 Å². The molecule has 4 rings (SSSR count). The number of epoxide rings is 1. The van der Waals surface area contributed by atoms with Crippen LogP contribution >= 0.6 is 0 Å². The first-order valence-electron chi connectivity index (χ1n) is 9.85. The van der Waals surface area contributed by atoms with E-state index in [9.17, 15) is 9.90 Å². The third-order valence-electron chi connectivity index (χ3n) is 8.08. The van der Waals surface area contributed by atoms with Gasteiger partial charge in [0.25, 0.3) is 0 Å². The first kappa shape index (κ1) is 17.5. The summed E-state index contributed by atoms with van der Waals surface area (Å²) in [7, 11) is 1.47. The number of fused-ring (bicyclic) bond motifs is 5. The summed E-state index contributed by atoms with van der Waals surface area (Å²) in [6, 6.07) is 0. The fraction of sp³-hybridized carbons (Fsp3) is 0.857. The van der Waals surface area contributed by atoms with E-state index in [0.29, 0.717) is 23.7 Å². The average Bonchev–Trinajstić information content (AvgIpc) is 3.08. The van der Waals surface area contributed by atoms with E-state index in [0.717, 1.165) is 37.7 Å². The first-order chi connectivity index (χ1) is 11.7. The molecule has 0 bridgehead atoms. The minimum Gasteiger partial charge on any atom is -0.466 e. The minimum atomic E-state index is -0.612. The minimum absolute atomic E-state index is 0.0792. The van der Waals surface area contributed by atoms with Crippen molar-refractivity contribution in [3.63, 3.8) is 0 Å². The second-order valence-corrected chi connectivity index (χ2v) is 9.64. The van der Waals surface area contributed by atoms with Gasteiger partial charge in [0, 0.05) is 5.57 Å². The summed E-state index contributed by atoms with van der Waals surface area (Å²) in [4.78, 5) is 12.3. The molecule has 0 aromatic rings. The van der Waals surface area contributed by atoms with Gasteiger partial charge in [-0.3, -0.25) is 0 Å². The van der Waals surface area contributed by atoms with Crippen LogP contribution in [0.3, 0.4) is 0 Å². The molecule has 0 amide bonds. The second-order valence-electron chi connectivity index (χ2n) is 9.64. The summed E-state index contributed by atoms with van der Waals surface area (Å²) in [6.45, 7) is 8.78. The van der Waals surface area contributed by atoms with Crippen LogP contribution in [-0.2, 0) is 14.3 Å². The van der Waals surface area contributed by atoms with Gasteiger partial charge in [0.2, 0.25) is 0 Å². The van der Waals surface area contributed by atoms with Gasteiger partial charge in [-0.05, 0) is 75.0 Å². The summed E-state index contributed by atoms with van der Waals surface area (Å²) in [6.07, 6.45) is 6.95. The zero-order chi connectivity index (χ0) is 18.2. The van der Waals surface area contributed by atoms with Crippen LogP contribution in [0, 0.1) is 29.1 Å². The van der Waals surface area contributed by atoms with E-state index in [-0.39, 0.29) is 23.1 Å². The molecule has 0 unspecified atom stereocenters. The van der Waals surface area contributed by atoms with E-state index in [4.69, 9.17) is 9.47 Å². The molecule has 25 heavy (non-hydrogen) atoms. The second kappa shape index (κ2) is 5.32. The Morgan fingerprint density at radius 3 is 2.72 bits per heavy atom. The van der Waals surface area contributed by atoms with Crippen molar-refractivity contribution < 1.29 is 19.4 Å². The Kier molecular flexibility index (Phi) is 3.73. The molecule has 0 radical (unpaired) electrons. The molecular weight excluding hydrogens is 316 g/mol. The molecule has 140 valence electrons. The van der Waals surface area contributed by atoms with E-state index in [2.05, 4.69) is 26.8 Å². The van der Waals surface area contributed by atoms with Crippen molar-refractivity contribution in [2.45, 2.75) is 77.1 Å². The third kappa shape index (κ3) is 2.29. The van der Waals surface area contributed by atoms with E-state index in [1.807, 2.05) is 6.92 Å². The lowest BCUT2D eigenvalue weighted by Crippen LogP contribution is -2.62. The van der Waals surface area contributed by atoms with E-state index >= 15 is 0 Å². The van der Waals surface area contributed by atoms with Gasteiger partial charge in [0.1, 0.15) is 0 Å². The van der Waals surface area contributed by atoms with Crippen molar-refractivity contribution in [3.05, 3.63) is 11.6 Å². The quantitative estimate of drug-likeness (QED) is 0.613. The lowest BCUT2D eigenvalue weighted by molar-refractivity contribution is -0.179. The fourth-order valence-electron chi connectivity index (χ4n) is 6.83. The van der Waals surface area contributed by atoms with Crippen molar-refractivity contribution in [2.24, 2.45) is 29.1 Å². The van der Waals surface area contributed by atoms with Crippen LogP contribution in [0.25, 0.3) is 0 Å². The number of aliphatic hydroxyl groups is 1. The van der Waals surface area contributed by atoms with Gasteiger partial charge in [-0.2, -0.15) is 0 Å². The molecule has 0 aromatic carbocycles. The van der Waals surface area contributed by atoms with Gasteiger partial charge < -0.3 is 14.6 Å². The molecule has 7 atom stereocenters. The molecule has 3 fully saturated rings. The van der Waals surface area contributed by atoms with E-state index < -0.39 is 5.60 Å². The molecule has 2 saturated carbocycles. The molecule has 3 aliphatic carbocycles. The largest absolute Gasteiger partial charge is 0.466 e. The molecule has 1 N–H and O–H groups in total. The van der Waals surface area contributed by atoms with Gasteiger partial charge in [0.15, 0.2) is 0 Å². The standard InChI is InChI=1S/C21H32O4/c1-12(2)21-9-8-19(3,23)17(21)14-11-20(4)16(25-20)7-6-13(10-15(14)21)18(22)24-5/h10,12,14-17,23H,6-9,11H2,1-5H3/b13-10+/t14-,15-,16+,17-,19+,20+,21+/m1/s1. The van der Waals surface area contributed by atoms with Crippen molar-refractivity contribution in [2.75, 3.05) is 7.11 Å². The lowest BCUT2D eigenvalue weighted by atomic mass is 9.41. The molecule has 1 saturated heterocycles. The third-order valence-corrected chi connectivity index (χ3v) is 8.08. The number of carbonyl (C=O) groups is 1. The summed E-state index contributed by atoms with van der Waals surface area (Å²) in [5.41, 5.74) is 0.213. The molecule has 4 heteroatoms. The predicted molar refractivity (Wildman–Crippen MR) is 94.8 cm³/mol. The Bertz CT molecular complexity index is 621. The van der Waals surface area contributed by atoms with Crippen molar-refractivity contribution in [1.82, 2.24) is 0 Å². The molecule has 0 aromatic heterocycles. The number of carbonyl (C=O) groups excluding carboxylic acids is 1. The Hall–Kier alpha value is -0.870. The number of hydrogen-bond acceptors (Lipinski definition) is 4. The topological polar surface area (TPSA) is 59.1 Å². The van der Waals surface area contributed by atoms with Gasteiger partial charge in [0.05, 0.1) is 24.4 Å². The SMILES string of the molecule is COC(=O)/C1=C/[C@@H]2[C@@H](C[C@]3(C)O[C@H]3CC1)[C@H]1[C@]2(C(C)C)CC[C@]1(C)O. The maximum Gasteiger partial charge on any atom is 0.333 e. The highest BCUT2D eigenvalue weighted by molar-refractivity contribution is 5.88. The Balaban J connectivity index is 1.77. The zero-order valence-electron chi connectivity index (χ0n) is 16.2. The number of hydrogen-bond donors (Lipinski definition) is 1. The van der Waals surface area contributed by atoms with E-state index in [1.54, 1.807) is 0 Å². The molecule has 1 aliphatic heterocycles. The van der Waals surface area contributed by atoms with Crippen LogP contribution in [0.4, 0.5) is 0 Å². The van der Waals surface area contributed by atoms with Gasteiger partial charge in [-0.1, -0.05) is 19.9 Å². The van der Waals surface area contributed by atoms with Gasteiger partial charge in [-0.15, -0.1) is 0 Å². The summed E-state index contributed by atoms with van der Waals surface area (Å²) >= 11 is 0. The molecular formula is C21H32O4. The smallest absolute Gasteiger partial charge is 0.333 e. The maximum atomic E-state index is 12.3. The number of methoxy groups -OCH3 is 1. The average molecular weight is 348 g/mol. The molecule has 1 heterocycles. The van der Waals surface area contributed by atoms with Gasteiger partial charge >= 0.3 is 5.97 Å². The summed E-state index contributed by atoms with van der Waals surface area (Å²) in [5.74, 6) is 1.29. The summed E-state index contributed by atoms with van der Waals surface area (Å²) < 4.78 is 11.1. The Labute approximate surface area is 151 Å². The molecule has 4 aliphatic rings. The van der Waals surface area contributed by atoms with Crippen LogP contribution in [0.15, 0.2) is 11.6 Å². The van der Waals surface area contributed by atoms with Crippen LogP contribution in [0.2, 0.25) is 0 Å². The highest BCUT2D eigenvalue weighted by atomic mass is 16.6. The number of esters is 1. The normalized spacial score (nSPS) is 53.2. The Morgan fingerprint density at radius 1 is 1.36 bits per heavy atom. The molecule has 4 nitrogen and oxygen atoms in total. The van der Waals surface area contributed by atoms with Gasteiger partial charge in [-0.25, -0.2) is 4.79 Å². The number of ether oxygens (including phenoxy) is 2. The Morgan fingerprint density at radius 2 is 2.08 bits per heavy atom. The molecule has 0 spiro atoms. The highest BCUT2D eigenvalue weighted by Gasteiger charge is 2.72. The van der Waals surface area contributed by atoms with Crippen LogP contribution in [-0.4, -0.2) is 35.5 Å². The summed E-state index contributed by atoms with van der Waals surface area (Å²) in [5, 5.41) is 11.1. The van der Waals surface area contributed by atoms with E-state index in [1.165, 1.54) is 7.11 Å². The monoisotopic (exact) mass is 348 g/mol. The number of rotatable bonds is 2. The fourth-order valence-corrected chi connectivity index (χ4v) is 6.83. The van der Waals surface area contributed by atoms with Crippen LogP contribution < -0.4 is 0 Å². The number of allylic oxidation sites excluding steroid dienone is 1. The highest BCUT2D eigenvalue weighted by Crippen LogP contribution is 2.73. The van der Waals surface area contributed by atoms with Crippen LogP contribution in [0.5, 0.6) is 0 Å². The van der Waals surface area contributed by atoms with Crippen molar-refractivity contribution in [1.29, 1.82) is 0 Å². The predicted octanol–water partition coefficient (Wildman–Crippen LogP) is 3.48.